The molecule has 110 valence electrons. The summed E-state index contributed by atoms with van der Waals surface area (Å²) in [5.41, 5.74) is 0.0516. The van der Waals surface area contributed by atoms with Gasteiger partial charge < -0.3 is 10.2 Å². The Hall–Kier alpha value is -1.13. The molecule has 0 spiro atoms. The van der Waals surface area contributed by atoms with E-state index in [1.165, 1.54) is 12.1 Å². The van der Waals surface area contributed by atoms with Crippen LogP contribution < -0.4 is 5.32 Å². The van der Waals surface area contributed by atoms with Crippen LogP contribution in [0, 0.1) is 5.82 Å². The van der Waals surface area contributed by atoms with Gasteiger partial charge >= 0.3 is 0 Å². The lowest BCUT2D eigenvalue weighted by molar-refractivity contribution is 0.0681. The minimum Gasteiger partial charge on any atom is -0.339 e. The lowest BCUT2D eigenvalue weighted by Crippen LogP contribution is -2.42. The predicted molar refractivity (Wildman–Crippen MR) is 78.6 cm³/mol. The molecule has 0 saturated heterocycles. The average molecular weight is 299 g/mol. The molecule has 0 aromatic heterocycles. The summed E-state index contributed by atoms with van der Waals surface area (Å²) < 4.78 is 13.9. The van der Waals surface area contributed by atoms with Crippen molar-refractivity contribution in [3.05, 3.63) is 34.6 Å². The maximum absolute atomic E-state index is 13.9. The van der Waals surface area contributed by atoms with Gasteiger partial charge in [0.25, 0.3) is 5.91 Å². The highest BCUT2D eigenvalue weighted by Crippen LogP contribution is 2.25. The lowest BCUT2D eigenvalue weighted by atomic mass is 9.90. The summed E-state index contributed by atoms with van der Waals surface area (Å²) in [6.45, 7) is 0. The van der Waals surface area contributed by atoms with Crippen molar-refractivity contribution in [3.8, 4) is 0 Å². The molecule has 1 fully saturated rings. The molecule has 0 atom stereocenters. The van der Waals surface area contributed by atoms with Crippen LogP contribution in [0.1, 0.15) is 36.0 Å². The molecule has 0 heterocycles. The third kappa shape index (κ3) is 3.13. The second kappa shape index (κ2) is 6.55. The Balaban J connectivity index is 2.07. The van der Waals surface area contributed by atoms with Gasteiger partial charge in [0.05, 0.1) is 10.6 Å². The smallest absolute Gasteiger partial charge is 0.256 e. The molecule has 1 amide bonds. The van der Waals surface area contributed by atoms with Crippen molar-refractivity contribution in [2.24, 2.45) is 0 Å². The van der Waals surface area contributed by atoms with Gasteiger partial charge in [-0.25, -0.2) is 4.39 Å². The third-order valence-electron chi connectivity index (χ3n) is 4.16. The molecule has 5 heteroatoms. The van der Waals surface area contributed by atoms with Crippen LogP contribution in [0.2, 0.25) is 5.02 Å². The summed E-state index contributed by atoms with van der Waals surface area (Å²) in [7, 11) is 3.70. The molecule has 1 aliphatic rings. The Morgan fingerprint density at radius 3 is 2.60 bits per heavy atom. The molecule has 2 rings (SSSR count). The Morgan fingerprint density at radius 2 is 2.00 bits per heavy atom. The standard InChI is InChI=1S/C15H20ClFN2O/c1-18-10-6-8-11(9-7-10)19(2)15(20)12-4-3-5-13(16)14(12)17/h3-5,10-11,18H,6-9H2,1-2H3. The maximum atomic E-state index is 13.9. The number of rotatable bonds is 3. The molecule has 3 nitrogen and oxygen atoms in total. The van der Waals surface area contributed by atoms with Crippen molar-refractivity contribution in [1.82, 2.24) is 10.2 Å². The number of nitrogens with one attached hydrogen (secondary N) is 1. The first kappa shape index (κ1) is 15.3. The first-order valence-corrected chi connectivity index (χ1v) is 7.30. The van der Waals surface area contributed by atoms with Crippen molar-refractivity contribution < 1.29 is 9.18 Å². The maximum Gasteiger partial charge on any atom is 0.256 e. The third-order valence-corrected chi connectivity index (χ3v) is 4.45. The fraction of sp³-hybridized carbons (Fsp3) is 0.533. The van der Waals surface area contributed by atoms with E-state index >= 15 is 0 Å². The molecular formula is C15H20ClFN2O. The Bertz CT molecular complexity index is 487. The van der Waals surface area contributed by atoms with Gasteiger partial charge in [0, 0.05) is 19.1 Å². The topological polar surface area (TPSA) is 32.3 Å². The van der Waals surface area contributed by atoms with Crippen LogP contribution in [-0.2, 0) is 0 Å². The van der Waals surface area contributed by atoms with Crippen LogP contribution in [0.4, 0.5) is 4.39 Å². The van der Waals surface area contributed by atoms with Crippen LogP contribution in [0.3, 0.4) is 0 Å². The van der Waals surface area contributed by atoms with E-state index < -0.39 is 5.82 Å². The van der Waals surface area contributed by atoms with E-state index in [2.05, 4.69) is 5.32 Å². The van der Waals surface area contributed by atoms with Crippen LogP contribution >= 0.6 is 11.6 Å². The van der Waals surface area contributed by atoms with Gasteiger partial charge in [0.15, 0.2) is 5.82 Å². The van der Waals surface area contributed by atoms with E-state index in [0.717, 1.165) is 25.7 Å². The number of amides is 1. The molecule has 20 heavy (non-hydrogen) atoms. The van der Waals surface area contributed by atoms with Crippen molar-refractivity contribution in [3.63, 3.8) is 0 Å². The average Bonchev–Trinajstić information content (AvgIpc) is 2.48. The second-order valence-electron chi connectivity index (χ2n) is 5.31. The zero-order valence-electron chi connectivity index (χ0n) is 11.8. The number of carbonyl (C=O) groups is 1. The largest absolute Gasteiger partial charge is 0.339 e. The van der Waals surface area contributed by atoms with Crippen molar-refractivity contribution >= 4 is 17.5 Å². The number of hydrogen-bond donors (Lipinski definition) is 1. The van der Waals surface area contributed by atoms with Gasteiger partial charge in [-0.2, -0.15) is 0 Å². The molecule has 1 aliphatic carbocycles. The van der Waals surface area contributed by atoms with Crippen molar-refractivity contribution in [1.29, 1.82) is 0 Å². The molecular weight excluding hydrogens is 279 g/mol. The summed E-state index contributed by atoms with van der Waals surface area (Å²) in [6.07, 6.45) is 3.96. The van der Waals surface area contributed by atoms with Crippen LogP contribution in [0.15, 0.2) is 18.2 Å². The van der Waals surface area contributed by atoms with E-state index in [0.29, 0.717) is 6.04 Å². The first-order chi connectivity index (χ1) is 9.54. The van der Waals surface area contributed by atoms with Crippen molar-refractivity contribution in [2.75, 3.05) is 14.1 Å². The summed E-state index contributed by atoms with van der Waals surface area (Å²) in [6, 6.07) is 5.23. The van der Waals surface area contributed by atoms with E-state index in [1.807, 2.05) is 7.05 Å². The normalized spacial score (nSPS) is 22.6. The molecule has 0 aliphatic heterocycles. The molecule has 1 aromatic rings. The van der Waals surface area contributed by atoms with Gasteiger partial charge in [-0.3, -0.25) is 4.79 Å². The lowest BCUT2D eigenvalue weighted by Gasteiger charge is -2.34. The SMILES string of the molecule is CNC1CCC(N(C)C(=O)c2cccc(Cl)c2F)CC1. The van der Waals surface area contributed by atoms with Crippen LogP contribution in [-0.4, -0.2) is 37.0 Å². The molecule has 0 unspecified atom stereocenters. The summed E-state index contributed by atoms with van der Waals surface area (Å²) in [5, 5.41) is 3.25. The molecule has 0 bridgehead atoms. The van der Waals surface area contributed by atoms with E-state index in [4.69, 9.17) is 11.6 Å². The molecule has 0 radical (unpaired) electrons. The Labute approximate surface area is 124 Å². The first-order valence-electron chi connectivity index (χ1n) is 6.93. The predicted octanol–water partition coefficient (Wildman–Crippen LogP) is 3.08. The fourth-order valence-corrected chi connectivity index (χ4v) is 2.95. The van der Waals surface area contributed by atoms with Gasteiger partial charge in [-0.1, -0.05) is 17.7 Å². The quantitative estimate of drug-likeness (QED) is 0.930. The molecule has 1 aromatic carbocycles. The zero-order valence-corrected chi connectivity index (χ0v) is 12.6. The second-order valence-corrected chi connectivity index (χ2v) is 5.72. The highest BCUT2D eigenvalue weighted by Gasteiger charge is 2.27. The summed E-state index contributed by atoms with van der Waals surface area (Å²) >= 11 is 5.73. The number of carbonyl (C=O) groups excluding carboxylic acids is 1. The Morgan fingerprint density at radius 1 is 1.35 bits per heavy atom. The summed E-state index contributed by atoms with van der Waals surface area (Å²) in [4.78, 5) is 14.0. The van der Waals surface area contributed by atoms with Gasteiger partial charge in [-0.05, 0) is 44.9 Å². The van der Waals surface area contributed by atoms with Crippen molar-refractivity contribution in [2.45, 2.75) is 37.8 Å². The van der Waals surface area contributed by atoms with Gasteiger partial charge in [0.1, 0.15) is 0 Å². The number of benzene rings is 1. The molecule has 1 saturated carbocycles. The fourth-order valence-electron chi connectivity index (χ4n) is 2.78. The van der Waals surface area contributed by atoms with Crippen LogP contribution in [0.25, 0.3) is 0 Å². The highest BCUT2D eigenvalue weighted by molar-refractivity contribution is 6.31. The van der Waals surface area contributed by atoms with E-state index in [-0.39, 0.29) is 22.5 Å². The number of halogens is 2. The highest BCUT2D eigenvalue weighted by atomic mass is 35.5. The zero-order chi connectivity index (χ0) is 14.7. The molecule has 1 N–H and O–H groups in total. The Kier molecular flexibility index (Phi) is 5.00. The van der Waals surface area contributed by atoms with Gasteiger partial charge in [0.2, 0.25) is 0 Å². The number of hydrogen-bond acceptors (Lipinski definition) is 2. The van der Waals surface area contributed by atoms with E-state index in [9.17, 15) is 9.18 Å². The summed E-state index contributed by atoms with van der Waals surface area (Å²) in [5.74, 6) is -0.923. The minimum atomic E-state index is -0.630. The monoisotopic (exact) mass is 298 g/mol. The minimum absolute atomic E-state index is 0.0110. The number of nitrogens with zero attached hydrogens (tertiary/aromatic N) is 1. The van der Waals surface area contributed by atoms with E-state index in [1.54, 1.807) is 18.0 Å². The van der Waals surface area contributed by atoms with Gasteiger partial charge in [-0.15, -0.1) is 0 Å². The van der Waals surface area contributed by atoms with Crippen LogP contribution in [0.5, 0.6) is 0 Å².